The number of aromatic nitrogens is 2. The van der Waals surface area contributed by atoms with Gasteiger partial charge in [0.25, 0.3) is 0 Å². The number of rotatable bonds is 4. The van der Waals surface area contributed by atoms with Crippen LogP contribution < -0.4 is 5.32 Å². The highest BCUT2D eigenvalue weighted by atomic mass is 16.2. The van der Waals surface area contributed by atoms with Gasteiger partial charge in [-0.1, -0.05) is 0 Å². The Morgan fingerprint density at radius 3 is 2.65 bits per heavy atom. The summed E-state index contributed by atoms with van der Waals surface area (Å²) in [7, 11) is 0. The maximum atomic E-state index is 12.4. The fourth-order valence-corrected chi connectivity index (χ4v) is 3.73. The quantitative estimate of drug-likeness (QED) is 0.817. The van der Waals surface area contributed by atoms with E-state index in [1.807, 2.05) is 18.7 Å². The largest absolute Gasteiger partial charge is 0.351 e. The van der Waals surface area contributed by atoms with Gasteiger partial charge in [-0.15, -0.1) is 0 Å². The van der Waals surface area contributed by atoms with Crippen molar-refractivity contribution in [3.63, 3.8) is 0 Å². The van der Waals surface area contributed by atoms with Crippen LogP contribution in [0.3, 0.4) is 0 Å². The summed E-state index contributed by atoms with van der Waals surface area (Å²) in [6, 6.07) is 0.115. The van der Waals surface area contributed by atoms with Gasteiger partial charge in [-0.05, 0) is 20.8 Å². The molecule has 0 aliphatic carbocycles. The summed E-state index contributed by atoms with van der Waals surface area (Å²) in [5.74, 6) is 0.419. The van der Waals surface area contributed by atoms with Crippen LogP contribution in [0.5, 0.6) is 0 Å². The van der Waals surface area contributed by atoms with E-state index < -0.39 is 0 Å². The molecule has 3 rings (SSSR count). The number of nitrogens with one attached hydrogen (secondary N) is 1. The molecule has 2 saturated heterocycles. The number of Topliss-reactive ketones (excluding diaryl/α,β-unsaturated/α-hetero) is 1. The molecule has 2 aliphatic rings. The molecule has 0 radical (unpaired) electrons. The van der Waals surface area contributed by atoms with Gasteiger partial charge in [-0.2, -0.15) is 5.10 Å². The van der Waals surface area contributed by atoms with E-state index in [1.54, 1.807) is 4.68 Å². The standard InChI is InChI=1S/C16H22N4O3/c1-9-16(11(3)21)10(2)20(18-9)5-4-15(23)19-7-12-6-14(22)17-13(12)8-19/h12-13H,4-8H2,1-3H3,(H,17,22)/t12-,13+/m0/s1. The molecule has 23 heavy (non-hydrogen) atoms. The molecule has 0 unspecified atom stereocenters. The number of carbonyl (C=O) groups excluding carboxylic acids is 3. The van der Waals surface area contributed by atoms with Gasteiger partial charge in [0.05, 0.1) is 17.3 Å². The third kappa shape index (κ3) is 2.87. The summed E-state index contributed by atoms with van der Waals surface area (Å²) in [5, 5.41) is 7.28. The van der Waals surface area contributed by atoms with Crippen molar-refractivity contribution >= 4 is 17.6 Å². The first-order valence-electron chi connectivity index (χ1n) is 7.99. The lowest BCUT2D eigenvalue weighted by atomic mass is 10.1. The van der Waals surface area contributed by atoms with Gasteiger partial charge in [0.1, 0.15) is 0 Å². The van der Waals surface area contributed by atoms with E-state index in [4.69, 9.17) is 0 Å². The van der Waals surface area contributed by atoms with Crippen LogP contribution in [0.15, 0.2) is 0 Å². The topological polar surface area (TPSA) is 84.3 Å². The lowest BCUT2D eigenvalue weighted by Crippen LogP contribution is -2.35. The Labute approximate surface area is 135 Å². The summed E-state index contributed by atoms with van der Waals surface area (Å²) in [6.07, 6.45) is 0.876. The van der Waals surface area contributed by atoms with E-state index in [-0.39, 0.29) is 29.6 Å². The number of hydrogen-bond donors (Lipinski definition) is 1. The van der Waals surface area contributed by atoms with Crippen LogP contribution in [-0.4, -0.2) is 51.4 Å². The zero-order valence-electron chi connectivity index (χ0n) is 13.8. The number of aryl methyl sites for hydroxylation is 2. The van der Waals surface area contributed by atoms with E-state index in [0.29, 0.717) is 43.7 Å². The Kier molecular flexibility index (Phi) is 3.95. The number of hydrogen-bond acceptors (Lipinski definition) is 4. The number of nitrogens with zero attached hydrogens (tertiary/aromatic N) is 3. The van der Waals surface area contributed by atoms with Crippen LogP contribution in [0.2, 0.25) is 0 Å². The number of fused-ring (bicyclic) bond motifs is 1. The molecule has 3 heterocycles. The molecular formula is C16H22N4O3. The fourth-order valence-electron chi connectivity index (χ4n) is 3.73. The van der Waals surface area contributed by atoms with Crippen LogP contribution >= 0.6 is 0 Å². The maximum Gasteiger partial charge on any atom is 0.224 e. The summed E-state index contributed by atoms with van der Waals surface area (Å²) in [5.41, 5.74) is 2.17. The fraction of sp³-hybridized carbons (Fsp3) is 0.625. The van der Waals surface area contributed by atoms with Crippen molar-refractivity contribution in [2.75, 3.05) is 13.1 Å². The van der Waals surface area contributed by atoms with Crippen LogP contribution in [0.4, 0.5) is 0 Å². The smallest absolute Gasteiger partial charge is 0.224 e. The molecule has 0 bridgehead atoms. The van der Waals surface area contributed by atoms with Crippen molar-refractivity contribution in [3.05, 3.63) is 17.0 Å². The van der Waals surface area contributed by atoms with E-state index in [0.717, 1.165) is 5.69 Å². The van der Waals surface area contributed by atoms with Crippen molar-refractivity contribution in [2.24, 2.45) is 5.92 Å². The first-order valence-corrected chi connectivity index (χ1v) is 7.99. The van der Waals surface area contributed by atoms with E-state index in [1.165, 1.54) is 6.92 Å². The van der Waals surface area contributed by atoms with Crippen LogP contribution in [0, 0.1) is 19.8 Å². The summed E-state index contributed by atoms with van der Waals surface area (Å²) in [4.78, 5) is 37.1. The molecule has 2 atom stereocenters. The van der Waals surface area contributed by atoms with E-state index in [2.05, 4.69) is 10.4 Å². The Bertz CT molecular complexity index is 663. The number of carbonyl (C=O) groups is 3. The first-order chi connectivity index (χ1) is 10.9. The Balaban J connectivity index is 1.59. The maximum absolute atomic E-state index is 12.4. The average Bonchev–Trinajstić information content (AvgIpc) is 3.07. The monoisotopic (exact) mass is 318 g/mol. The minimum Gasteiger partial charge on any atom is -0.351 e. The third-order valence-electron chi connectivity index (χ3n) is 4.86. The third-order valence-corrected chi connectivity index (χ3v) is 4.86. The van der Waals surface area contributed by atoms with Gasteiger partial charge in [0.15, 0.2) is 5.78 Å². The number of amides is 2. The lowest BCUT2D eigenvalue weighted by molar-refractivity contribution is -0.131. The highest BCUT2D eigenvalue weighted by Crippen LogP contribution is 2.25. The van der Waals surface area contributed by atoms with Crippen molar-refractivity contribution in [2.45, 2.75) is 46.2 Å². The normalized spacial score (nSPS) is 23.1. The second kappa shape index (κ2) is 5.79. The van der Waals surface area contributed by atoms with E-state index >= 15 is 0 Å². The van der Waals surface area contributed by atoms with Gasteiger partial charge in [-0.3, -0.25) is 19.1 Å². The molecule has 2 amide bonds. The lowest BCUT2D eigenvalue weighted by Gasteiger charge is -2.17. The molecule has 7 nitrogen and oxygen atoms in total. The second-order valence-electron chi connectivity index (χ2n) is 6.51. The highest BCUT2D eigenvalue weighted by Gasteiger charge is 2.41. The summed E-state index contributed by atoms with van der Waals surface area (Å²) < 4.78 is 1.74. The zero-order chi connectivity index (χ0) is 16.7. The summed E-state index contributed by atoms with van der Waals surface area (Å²) >= 11 is 0. The van der Waals surface area contributed by atoms with Crippen molar-refractivity contribution in [1.29, 1.82) is 0 Å². The van der Waals surface area contributed by atoms with Gasteiger partial charge in [0, 0.05) is 44.1 Å². The SMILES string of the molecule is CC(=O)c1c(C)nn(CCC(=O)N2C[C@@H]3CC(=O)N[C@@H]3C2)c1C. The van der Waals surface area contributed by atoms with Crippen molar-refractivity contribution in [3.8, 4) is 0 Å². The van der Waals surface area contributed by atoms with Crippen LogP contribution in [0.1, 0.15) is 41.5 Å². The number of likely N-dealkylation sites (tertiary alicyclic amines) is 1. The summed E-state index contributed by atoms with van der Waals surface area (Å²) in [6.45, 7) is 6.92. The number of ketones is 1. The van der Waals surface area contributed by atoms with Crippen molar-refractivity contribution < 1.29 is 14.4 Å². The molecule has 1 N–H and O–H groups in total. The molecule has 1 aromatic heterocycles. The van der Waals surface area contributed by atoms with Gasteiger partial charge in [-0.25, -0.2) is 0 Å². The van der Waals surface area contributed by atoms with Crippen LogP contribution in [-0.2, 0) is 16.1 Å². The first kappa shape index (κ1) is 15.7. The zero-order valence-corrected chi connectivity index (χ0v) is 13.8. The predicted octanol–water partition coefficient (Wildman–Crippen LogP) is 0.440. The molecule has 124 valence electrons. The van der Waals surface area contributed by atoms with Gasteiger partial charge in [0.2, 0.25) is 11.8 Å². The molecule has 0 aromatic carbocycles. The molecular weight excluding hydrogens is 296 g/mol. The average molecular weight is 318 g/mol. The predicted molar refractivity (Wildman–Crippen MR) is 82.9 cm³/mol. The Morgan fingerprint density at radius 2 is 2.04 bits per heavy atom. The minimum absolute atomic E-state index is 0.000635. The molecule has 7 heteroatoms. The Hall–Kier alpha value is -2.18. The van der Waals surface area contributed by atoms with Gasteiger partial charge < -0.3 is 10.2 Å². The van der Waals surface area contributed by atoms with E-state index in [9.17, 15) is 14.4 Å². The Morgan fingerprint density at radius 1 is 1.30 bits per heavy atom. The minimum atomic E-state index is 0.000635. The molecule has 2 fully saturated rings. The van der Waals surface area contributed by atoms with Crippen LogP contribution in [0.25, 0.3) is 0 Å². The molecule has 2 aliphatic heterocycles. The molecule has 1 aromatic rings. The van der Waals surface area contributed by atoms with Gasteiger partial charge >= 0.3 is 0 Å². The van der Waals surface area contributed by atoms with Crippen molar-refractivity contribution in [1.82, 2.24) is 20.0 Å². The molecule has 0 spiro atoms. The highest BCUT2D eigenvalue weighted by molar-refractivity contribution is 5.96. The molecule has 0 saturated carbocycles. The second-order valence-corrected chi connectivity index (χ2v) is 6.51.